The van der Waals surface area contributed by atoms with Crippen molar-refractivity contribution in [1.82, 2.24) is 5.32 Å². The van der Waals surface area contributed by atoms with Crippen molar-refractivity contribution in [2.45, 2.75) is 13.3 Å². The molecule has 5 heteroatoms. The maximum atomic E-state index is 12.4. The van der Waals surface area contributed by atoms with Crippen molar-refractivity contribution < 1.29 is 9.59 Å². The topological polar surface area (TPSA) is 75.4 Å². The normalized spacial score (nSPS) is 14.8. The maximum absolute atomic E-state index is 12.4. The number of aryl methyl sites for hydroxylation is 1. The van der Waals surface area contributed by atoms with Gasteiger partial charge in [0, 0.05) is 31.7 Å². The van der Waals surface area contributed by atoms with Gasteiger partial charge in [0.2, 0.25) is 11.8 Å². The van der Waals surface area contributed by atoms with Crippen LogP contribution in [0.1, 0.15) is 12.0 Å². The molecule has 0 radical (unpaired) electrons. The Balaban J connectivity index is 2.17. The average molecular weight is 261 g/mol. The monoisotopic (exact) mass is 261 g/mol. The van der Waals surface area contributed by atoms with Crippen molar-refractivity contribution in [3.05, 3.63) is 29.8 Å². The zero-order valence-electron chi connectivity index (χ0n) is 11.1. The lowest BCUT2D eigenvalue weighted by molar-refractivity contribution is -0.123. The first-order valence-electron chi connectivity index (χ1n) is 6.45. The molecular formula is C14H19N3O2. The molecule has 0 aliphatic carbocycles. The number of rotatable bonds is 5. The summed E-state index contributed by atoms with van der Waals surface area (Å²) < 4.78 is 0. The predicted molar refractivity (Wildman–Crippen MR) is 73.7 cm³/mol. The fourth-order valence-corrected chi connectivity index (χ4v) is 2.07. The molecule has 3 N–H and O–H groups in total. The lowest BCUT2D eigenvalue weighted by Gasteiger charge is -2.32. The smallest absolute Gasteiger partial charge is 0.232 e. The second-order valence-electron chi connectivity index (χ2n) is 4.90. The highest BCUT2D eigenvalue weighted by atomic mass is 16.2. The van der Waals surface area contributed by atoms with Gasteiger partial charge in [-0.15, -0.1) is 0 Å². The number of nitrogens with one attached hydrogen (secondary N) is 1. The number of anilines is 1. The average Bonchev–Trinajstić information content (AvgIpc) is 2.26. The van der Waals surface area contributed by atoms with Crippen LogP contribution in [0.15, 0.2) is 24.3 Å². The van der Waals surface area contributed by atoms with Crippen molar-refractivity contribution in [2.24, 2.45) is 11.7 Å². The molecule has 1 aliphatic heterocycles. The van der Waals surface area contributed by atoms with Gasteiger partial charge in [-0.3, -0.25) is 9.59 Å². The summed E-state index contributed by atoms with van der Waals surface area (Å²) in [7, 11) is 0. The second kappa shape index (κ2) is 5.84. The van der Waals surface area contributed by atoms with Gasteiger partial charge < -0.3 is 16.0 Å². The van der Waals surface area contributed by atoms with Gasteiger partial charge in [0.05, 0.1) is 5.92 Å². The van der Waals surface area contributed by atoms with Crippen molar-refractivity contribution in [3.63, 3.8) is 0 Å². The lowest BCUT2D eigenvalue weighted by atomic mass is 10.0. The Bertz CT molecular complexity index is 483. The molecule has 5 nitrogen and oxygen atoms in total. The molecule has 0 spiro atoms. The van der Waals surface area contributed by atoms with E-state index in [1.165, 1.54) is 0 Å². The highest BCUT2D eigenvalue weighted by Crippen LogP contribution is 2.20. The second-order valence-corrected chi connectivity index (χ2v) is 4.90. The quantitative estimate of drug-likeness (QED) is 0.806. The van der Waals surface area contributed by atoms with Crippen LogP contribution in [0.25, 0.3) is 0 Å². The van der Waals surface area contributed by atoms with E-state index < -0.39 is 5.91 Å². The number of carbonyl (C=O) groups excluding carboxylic acids is 2. The SMILES string of the molecule is Cc1cccc(N(CCC(N)=O)C(=O)C2CNC2)c1. The Labute approximate surface area is 112 Å². The minimum atomic E-state index is -0.391. The third-order valence-electron chi connectivity index (χ3n) is 3.29. The molecule has 1 aromatic carbocycles. The Hall–Kier alpha value is -1.88. The number of amides is 2. The standard InChI is InChI=1S/C14H19N3O2/c1-10-3-2-4-12(7-10)17(6-5-13(15)18)14(19)11-8-16-9-11/h2-4,7,11,16H,5-6,8-9H2,1H3,(H2,15,18). The van der Waals surface area contributed by atoms with E-state index >= 15 is 0 Å². The molecule has 0 saturated carbocycles. The number of nitrogens with zero attached hydrogens (tertiary/aromatic N) is 1. The predicted octanol–water partition coefficient (Wildman–Crippen LogP) is 0.423. The number of primary amides is 1. The van der Waals surface area contributed by atoms with Crippen LogP contribution in [0, 0.1) is 12.8 Å². The van der Waals surface area contributed by atoms with Crippen LogP contribution in [0.2, 0.25) is 0 Å². The fraction of sp³-hybridized carbons (Fsp3) is 0.429. The third-order valence-corrected chi connectivity index (χ3v) is 3.29. The van der Waals surface area contributed by atoms with E-state index in [2.05, 4.69) is 5.32 Å². The highest BCUT2D eigenvalue weighted by Gasteiger charge is 2.30. The summed E-state index contributed by atoms with van der Waals surface area (Å²) in [5, 5.41) is 3.09. The lowest BCUT2D eigenvalue weighted by Crippen LogP contribution is -2.52. The van der Waals surface area contributed by atoms with E-state index in [0.717, 1.165) is 11.3 Å². The molecule has 1 heterocycles. The largest absolute Gasteiger partial charge is 0.370 e. The summed E-state index contributed by atoms with van der Waals surface area (Å²) in [4.78, 5) is 25.0. The van der Waals surface area contributed by atoms with Crippen molar-refractivity contribution in [2.75, 3.05) is 24.5 Å². The van der Waals surface area contributed by atoms with E-state index in [0.29, 0.717) is 19.6 Å². The number of hydrogen-bond donors (Lipinski definition) is 2. The van der Waals surface area contributed by atoms with Gasteiger partial charge in [0.15, 0.2) is 0 Å². The van der Waals surface area contributed by atoms with E-state index in [1.54, 1.807) is 4.90 Å². The number of hydrogen-bond acceptors (Lipinski definition) is 3. The molecular weight excluding hydrogens is 242 g/mol. The number of nitrogens with two attached hydrogens (primary N) is 1. The van der Waals surface area contributed by atoms with E-state index in [1.807, 2.05) is 31.2 Å². The third kappa shape index (κ3) is 3.32. The van der Waals surface area contributed by atoms with Gasteiger partial charge >= 0.3 is 0 Å². The molecule has 19 heavy (non-hydrogen) atoms. The summed E-state index contributed by atoms with van der Waals surface area (Å²) in [6.45, 7) is 3.73. The van der Waals surface area contributed by atoms with Crippen LogP contribution in [0.3, 0.4) is 0 Å². The maximum Gasteiger partial charge on any atom is 0.232 e. The Kier molecular flexibility index (Phi) is 4.16. The van der Waals surface area contributed by atoms with E-state index in [-0.39, 0.29) is 18.2 Å². The molecule has 1 fully saturated rings. The molecule has 1 aromatic rings. The Morgan fingerprint density at radius 3 is 2.68 bits per heavy atom. The first kappa shape index (κ1) is 13.5. The van der Waals surface area contributed by atoms with Crippen LogP contribution in [-0.2, 0) is 9.59 Å². The molecule has 102 valence electrons. The molecule has 0 aromatic heterocycles. The summed E-state index contributed by atoms with van der Waals surface area (Å²) >= 11 is 0. The van der Waals surface area contributed by atoms with Crippen molar-refractivity contribution >= 4 is 17.5 Å². The van der Waals surface area contributed by atoms with Crippen LogP contribution in [-0.4, -0.2) is 31.4 Å². The zero-order valence-corrected chi connectivity index (χ0v) is 11.1. The summed E-state index contributed by atoms with van der Waals surface area (Å²) in [6, 6.07) is 7.72. The minimum absolute atomic E-state index is 0.00777. The minimum Gasteiger partial charge on any atom is -0.370 e. The molecule has 2 amide bonds. The Morgan fingerprint density at radius 1 is 1.42 bits per heavy atom. The Morgan fingerprint density at radius 2 is 2.16 bits per heavy atom. The van der Waals surface area contributed by atoms with Crippen molar-refractivity contribution in [1.29, 1.82) is 0 Å². The van der Waals surface area contributed by atoms with Crippen LogP contribution >= 0.6 is 0 Å². The van der Waals surface area contributed by atoms with Gasteiger partial charge in [0.25, 0.3) is 0 Å². The summed E-state index contributed by atoms with van der Waals surface area (Å²) in [5.74, 6) is -0.323. The van der Waals surface area contributed by atoms with Crippen LogP contribution in [0.4, 0.5) is 5.69 Å². The molecule has 1 aliphatic rings. The molecule has 0 atom stereocenters. The summed E-state index contributed by atoms with van der Waals surface area (Å²) in [5.41, 5.74) is 7.10. The van der Waals surface area contributed by atoms with Gasteiger partial charge in [0.1, 0.15) is 0 Å². The molecule has 0 bridgehead atoms. The van der Waals surface area contributed by atoms with E-state index in [4.69, 9.17) is 5.73 Å². The molecule has 2 rings (SSSR count). The first-order chi connectivity index (χ1) is 9.08. The van der Waals surface area contributed by atoms with E-state index in [9.17, 15) is 9.59 Å². The van der Waals surface area contributed by atoms with Gasteiger partial charge in [-0.05, 0) is 24.6 Å². The van der Waals surface area contributed by atoms with Gasteiger partial charge in [-0.1, -0.05) is 12.1 Å². The van der Waals surface area contributed by atoms with Crippen molar-refractivity contribution in [3.8, 4) is 0 Å². The summed E-state index contributed by atoms with van der Waals surface area (Å²) in [6.07, 6.45) is 0.180. The fourth-order valence-electron chi connectivity index (χ4n) is 2.07. The van der Waals surface area contributed by atoms with Crippen LogP contribution < -0.4 is 16.0 Å². The molecule has 0 unspecified atom stereocenters. The van der Waals surface area contributed by atoms with Gasteiger partial charge in [-0.25, -0.2) is 0 Å². The highest BCUT2D eigenvalue weighted by molar-refractivity contribution is 5.96. The number of carbonyl (C=O) groups is 2. The zero-order chi connectivity index (χ0) is 13.8. The molecule has 1 saturated heterocycles. The van der Waals surface area contributed by atoms with Crippen LogP contribution in [0.5, 0.6) is 0 Å². The first-order valence-corrected chi connectivity index (χ1v) is 6.45. The number of benzene rings is 1. The van der Waals surface area contributed by atoms with Gasteiger partial charge in [-0.2, -0.15) is 0 Å².